The Morgan fingerprint density at radius 2 is 1.70 bits per heavy atom. The molecule has 3 heteroatoms. The fourth-order valence-corrected chi connectivity index (χ4v) is 5.26. The predicted octanol–water partition coefficient (Wildman–Crippen LogP) is 3.61. The van der Waals surface area contributed by atoms with Gasteiger partial charge in [0, 0.05) is 10.9 Å². The molecule has 0 bridgehead atoms. The van der Waals surface area contributed by atoms with E-state index in [-0.39, 0.29) is 0 Å². The number of methoxy groups -OCH3 is 1. The Labute approximate surface area is 120 Å². The summed E-state index contributed by atoms with van der Waals surface area (Å²) in [7, 11) is -0.0103. The zero-order valence-corrected chi connectivity index (χ0v) is 13.1. The third-order valence-electron chi connectivity index (χ3n) is 3.98. The van der Waals surface area contributed by atoms with E-state index in [1.54, 1.807) is 7.11 Å². The minimum Gasteiger partial charge on any atom is -0.497 e. The van der Waals surface area contributed by atoms with Crippen LogP contribution in [0.3, 0.4) is 0 Å². The monoisotopic (exact) mass is 281 g/mol. The van der Waals surface area contributed by atoms with E-state index in [4.69, 9.17) is 4.74 Å². The molecule has 0 saturated carbocycles. The first-order chi connectivity index (χ1) is 9.63. The topological polar surface area (TPSA) is 14.2 Å². The molecule has 0 aliphatic carbocycles. The molecule has 0 amide bonds. The van der Waals surface area contributed by atoms with Gasteiger partial charge in [-0.05, 0) is 48.7 Å². The number of rotatable bonds is 3. The molecule has 0 fully saturated rings. The molecule has 0 atom stereocenters. The number of aromatic nitrogens is 1. The van der Waals surface area contributed by atoms with Gasteiger partial charge in [-0.15, -0.1) is 0 Å². The van der Waals surface area contributed by atoms with Crippen LogP contribution in [0.2, 0.25) is 13.1 Å². The molecule has 0 spiro atoms. The largest absolute Gasteiger partial charge is 0.497 e. The summed E-state index contributed by atoms with van der Waals surface area (Å²) in [6.07, 6.45) is 2.21. The van der Waals surface area contributed by atoms with Crippen molar-refractivity contribution in [2.45, 2.75) is 13.1 Å². The second kappa shape index (κ2) is 4.83. The summed E-state index contributed by atoms with van der Waals surface area (Å²) in [6, 6.07) is 19.3. The summed E-state index contributed by atoms with van der Waals surface area (Å²) in [5.74, 6) is 0.912. The molecular weight excluding hydrogens is 262 g/mol. The minimum atomic E-state index is -1.72. The van der Waals surface area contributed by atoms with Crippen molar-refractivity contribution in [3.8, 4) is 5.75 Å². The first-order valence-electron chi connectivity index (χ1n) is 6.84. The smallest absolute Gasteiger partial charge is 0.187 e. The SMILES string of the molecule is COc1ccc2c(ccn2[Si](C)(C)c2ccccc2)c1. The lowest BCUT2D eigenvalue weighted by atomic mass is 10.2. The van der Waals surface area contributed by atoms with E-state index in [0.717, 1.165) is 5.75 Å². The maximum Gasteiger partial charge on any atom is 0.187 e. The summed E-state index contributed by atoms with van der Waals surface area (Å²) in [6.45, 7) is 4.76. The van der Waals surface area contributed by atoms with Gasteiger partial charge in [-0.25, -0.2) is 0 Å². The van der Waals surface area contributed by atoms with Crippen LogP contribution in [0.4, 0.5) is 0 Å². The Bertz CT molecular complexity index is 731. The number of fused-ring (bicyclic) bond motifs is 1. The van der Waals surface area contributed by atoms with Crippen LogP contribution in [0.5, 0.6) is 5.75 Å². The Balaban J connectivity index is 2.15. The van der Waals surface area contributed by atoms with Crippen molar-refractivity contribution >= 4 is 24.3 Å². The number of nitrogens with zero attached hydrogens (tertiary/aromatic N) is 1. The van der Waals surface area contributed by atoms with Gasteiger partial charge < -0.3 is 8.97 Å². The van der Waals surface area contributed by atoms with Gasteiger partial charge in [-0.1, -0.05) is 30.3 Å². The molecule has 0 N–H and O–H groups in total. The maximum atomic E-state index is 5.30. The van der Waals surface area contributed by atoms with Gasteiger partial charge >= 0.3 is 0 Å². The Morgan fingerprint density at radius 1 is 0.950 bits per heavy atom. The summed E-state index contributed by atoms with van der Waals surface area (Å²) in [5.41, 5.74) is 1.28. The van der Waals surface area contributed by atoms with Gasteiger partial charge in [0.2, 0.25) is 0 Å². The number of hydrogen-bond donors (Lipinski definition) is 0. The van der Waals surface area contributed by atoms with Crippen LogP contribution in [-0.2, 0) is 0 Å². The van der Waals surface area contributed by atoms with Gasteiger partial charge in [0.25, 0.3) is 0 Å². The lowest BCUT2D eigenvalue weighted by Crippen LogP contribution is -2.48. The zero-order valence-electron chi connectivity index (χ0n) is 12.1. The molecule has 0 unspecified atom stereocenters. The molecule has 3 rings (SSSR count). The van der Waals surface area contributed by atoms with E-state index in [2.05, 4.69) is 72.1 Å². The zero-order chi connectivity index (χ0) is 14.2. The molecule has 2 nitrogen and oxygen atoms in total. The van der Waals surface area contributed by atoms with E-state index < -0.39 is 8.24 Å². The minimum absolute atomic E-state index is 0.912. The molecule has 0 saturated heterocycles. The normalized spacial score (nSPS) is 11.8. The first-order valence-corrected chi connectivity index (χ1v) is 9.79. The van der Waals surface area contributed by atoms with Crippen LogP contribution in [0.1, 0.15) is 0 Å². The molecule has 1 heterocycles. The number of benzene rings is 2. The maximum absolute atomic E-state index is 5.30. The predicted molar refractivity (Wildman–Crippen MR) is 87.4 cm³/mol. The fraction of sp³-hybridized carbons (Fsp3) is 0.176. The van der Waals surface area contributed by atoms with E-state index >= 15 is 0 Å². The highest BCUT2D eigenvalue weighted by Gasteiger charge is 2.27. The molecule has 2 aromatic carbocycles. The molecular formula is C17H19NOSi. The first kappa shape index (κ1) is 13.0. The van der Waals surface area contributed by atoms with Crippen molar-refractivity contribution in [1.29, 1.82) is 0 Å². The summed E-state index contributed by atoms with van der Waals surface area (Å²) >= 11 is 0. The van der Waals surface area contributed by atoms with Crippen LogP contribution in [0.25, 0.3) is 10.9 Å². The molecule has 0 radical (unpaired) electrons. The Hall–Kier alpha value is -2.00. The van der Waals surface area contributed by atoms with Crippen molar-refractivity contribution in [2.75, 3.05) is 7.11 Å². The van der Waals surface area contributed by atoms with E-state index in [1.165, 1.54) is 16.1 Å². The Morgan fingerprint density at radius 3 is 2.40 bits per heavy atom. The van der Waals surface area contributed by atoms with Crippen LogP contribution < -0.4 is 9.92 Å². The molecule has 0 aliphatic rings. The third kappa shape index (κ3) is 2.04. The molecule has 0 aliphatic heterocycles. The molecule has 20 heavy (non-hydrogen) atoms. The van der Waals surface area contributed by atoms with Crippen LogP contribution in [-0.4, -0.2) is 19.6 Å². The van der Waals surface area contributed by atoms with Gasteiger partial charge in [0.15, 0.2) is 8.24 Å². The van der Waals surface area contributed by atoms with Crippen molar-refractivity contribution in [3.63, 3.8) is 0 Å². The van der Waals surface area contributed by atoms with E-state index in [1.807, 2.05) is 6.07 Å². The van der Waals surface area contributed by atoms with Gasteiger partial charge in [0.1, 0.15) is 5.75 Å². The van der Waals surface area contributed by atoms with E-state index in [0.29, 0.717) is 0 Å². The Kier molecular flexibility index (Phi) is 3.14. The fourth-order valence-electron chi connectivity index (χ4n) is 2.72. The lowest BCUT2D eigenvalue weighted by Gasteiger charge is -2.26. The summed E-state index contributed by atoms with van der Waals surface area (Å²) < 4.78 is 7.76. The molecule has 1 aromatic heterocycles. The second-order valence-electron chi connectivity index (χ2n) is 5.54. The summed E-state index contributed by atoms with van der Waals surface area (Å²) in [5, 5.41) is 2.68. The standard InChI is InChI=1S/C17H19NOSi/c1-19-15-9-10-17-14(13-15)11-12-18(17)20(2,3)16-7-5-4-6-8-16/h4-13H,1-3H3. The second-order valence-corrected chi connectivity index (χ2v) is 9.71. The highest BCUT2D eigenvalue weighted by Crippen LogP contribution is 2.24. The molecule has 3 aromatic rings. The average molecular weight is 281 g/mol. The average Bonchev–Trinajstić information content (AvgIpc) is 2.91. The van der Waals surface area contributed by atoms with E-state index in [9.17, 15) is 0 Å². The lowest BCUT2D eigenvalue weighted by molar-refractivity contribution is 0.415. The highest BCUT2D eigenvalue weighted by molar-refractivity contribution is 6.89. The van der Waals surface area contributed by atoms with Crippen molar-refractivity contribution in [3.05, 3.63) is 60.8 Å². The summed E-state index contributed by atoms with van der Waals surface area (Å²) in [4.78, 5) is 0. The third-order valence-corrected chi connectivity index (χ3v) is 7.32. The molecule has 102 valence electrons. The number of ether oxygens (including phenoxy) is 1. The van der Waals surface area contributed by atoms with Crippen LogP contribution in [0, 0.1) is 0 Å². The quantitative estimate of drug-likeness (QED) is 0.669. The van der Waals surface area contributed by atoms with Crippen LogP contribution >= 0.6 is 0 Å². The van der Waals surface area contributed by atoms with Crippen LogP contribution in [0.15, 0.2) is 60.8 Å². The van der Waals surface area contributed by atoms with Gasteiger partial charge in [-0.3, -0.25) is 0 Å². The van der Waals surface area contributed by atoms with Gasteiger partial charge in [-0.2, -0.15) is 0 Å². The van der Waals surface area contributed by atoms with Crippen molar-refractivity contribution < 1.29 is 4.74 Å². The van der Waals surface area contributed by atoms with Crippen molar-refractivity contribution in [2.24, 2.45) is 0 Å². The van der Waals surface area contributed by atoms with Crippen molar-refractivity contribution in [1.82, 2.24) is 4.23 Å². The van der Waals surface area contributed by atoms with Gasteiger partial charge in [0.05, 0.1) is 7.11 Å². The number of hydrogen-bond acceptors (Lipinski definition) is 1. The highest BCUT2D eigenvalue weighted by atomic mass is 28.3.